The molecular formula is C24H23ClN2OS. The highest BCUT2D eigenvalue weighted by Gasteiger charge is 2.30. The quantitative estimate of drug-likeness (QED) is 0.385. The Morgan fingerprint density at radius 3 is 2.86 bits per heavy atom. The van der Waals surface area contributed by atoms with E-state index in [9.17, 15) is 4.79 Å². The number of fused-ring (bicyclic) bond motifs is 1. The fourth-order valence-corrected chi connectivity index (χ4v) is 5.40. The van der Waals surface area contributed by atoms with E-state index in [0.717, 1.165) is 35.0 Å². The van der Waals surface area contributed by atoms with Crippen LogP contribution in [0.5, 0.6) is 0 Å². The minimum absolute atomic E-state index is 0.180. The molecule has 1 aliphatic heterocycles. The van der Waals surface area contributed by atoms with Gasteiger partial charge in [-0.3, -0.25) is 14.7 Å². The Labute approximate surface area is 180 Å². The number of halogens is 1. The molecular weight excluding hydrogens is 400 g/mol. The lowest BCUT2D eigenvalue weighted by atomic mass is 9.84. The van der Waals surface area contributed by atoms with Gasteiger partial charge in [0, 0.05) is 47.9 Å². The Balaban J connectivity index is 1.80. The van der Waals surface area contributed by atoms with Gasteiger partial charge in [-0.25, -0.2) is 0 Å². The molecule has 0 saturated heterocycles. The maximum absolute atomic E-state index is 11.1. The number of aldehydes is 1. The zero-order valence-electron chi connectivity index (χ0n) is 16.6. The molecule has 0 spiro atoms. The van der Waals surface area contributed by atoms with E-state index in [2.05, 4.69) is 59.8 Å². The number of carbonyl (C=O) groups excluding carboxylic acids is 1. The molecule has 29 heavy (non-hydrogen) atoms. The summed E-state index contributed by atoms with van der Waals surface area (Å²) >= 11 is 8.02. The third kappa shape index (κ3) is 4.06. The number of thiophene rings is 1. The van der Waals surface area contributed by atoms with E-state index in [1.54, 1.807) is 11.3 Å². The normalized spacial score (nSPS) is 16.4. The molecule has 0 saturated carbocycles. The van der Waals surface area contributed by atoms with Crippen LogP contribution in [-0.2, 0) is 11.3 Å². The van der Waals surface area contributed by atoms with E-state index in [1.807, 2.05) is 13.1 Å². The van der Waals surface area contributed by atoms with Gasteiger partial charge in [0.05, 0.1) is 4.34 Å². The largest absolute Gasteiger partial charge is 0.298 e. The molecule has 1 atom stereocenters. The van der Waals surface area contributed by atoms with Gasteiger partial charge >= 0.3 is 0 Å². The van der Waals surface area contributed by atoms with Crippen LogP contribution in [-0.4, -0.2) is 29.3 Å². The van der Waals surface area contributed by atoms with Gasteiger partial charge in [0.15, 0.2) is 0 Å². The Bertz CT molecular complexity index is 1090. The first-order valence-corrected chi connectivity index (χ1v) is 10.8. The van der Waals surface area contributed by atoms with Crippen molar-refractivity contribution in [3.8, 4) is 11.1 Å². The van der Waals surface area contributed by atoms with E-state index < -0.39 is 0 Å². The third-order valence-electron chi connectivity index (χ3n) is 5.58. The SMILES string of the molecule is C=C(C=O)CN1Cc2sc(Cl)cc2[C@@H](c2ccccc2-c2cnc(C)c(C)c2)C1. The molecule has 1 aliphatic rings. The first kappa shape index (κ1) is 20.0. The van der Waals surface area contributed by atoms with Gasteiger partial charge in [0.25, 0.3) is 0 Å². The van der Waals surface area contributed by atoms with Crippen LogP contribution in [0.2, 0.25) is 4.34 Å². The second kappa shape index (κ2) is 8.23. The average Bonchev–Trinajstić information content (AvgIpc) is 3.09. The zero-order chi connectivity index (χ0) is 20.5. The van der Waals surface area contributed by atoms with Gasteiger partial charge < -0.3 is 0 Å². The second-order valence-electron chi connectivity index (χ2n) is 7.64. The highest BCUT2D eigenvalue weighted by molar-refractivity contribution is 7.16. The van der Waals surface area contributed by atoms with Crippen LogP contribution in [0.15, 0.2) is 54.7 Å². The molecule has 0 amide bonds. The first-order chi connectivity index (χ1) is 14.0. The predicted molar refractivity (Wildman–Crippen MR) is 121 cm³/mol. The second-order valence-corrected chi connectivity index (χ2v) is 9.41. The number of pyridine rings is 1. The van der Waals surface area contributed by atoms with Crippen molar-refractivity contribution in [2.24, 2.45) is 0 Å². The monoisotopic (exact) mass is 422 g/mol. The topological polar surface area (TPSA) is 33.2 Å². The van der Waals surface area contributed by atoms with Crippen LogP contribution in [0.25, 0.3) is 11.1 Å². The van der Waals surface area contributed by atoms with Gasteiger partial charge in [0.2, 0.25) is 0 Å². The third-order valence-corrected chi connectivity index (χ3v) is 6.84. The number of hydrogen-bond acceptors (Lipinski definition) is 4. The number of aromatic nitrogens is 1. The molecule has 0 radical (unpaired) electrons. The smallest absolute Gasteiger partial charge is 0.146 e. The molecule has 3 heterocycles. The summed E-state index contributed by atoms with van der Waals surface area (Å²) in [5, 5.41) is 0. The van der Waals surface area contributed by atoms with Crippen molar-refractivity contribution in [3.63, 3.8) is 0 Å². The zero-order valence-corrected chi connectivity index (χ0v) is 18.2. The van der Waals surface area contributed by atoms with Crippen LogP contribution < -0.4 is 0 Å². The molecule has 0 aliphatic carbocycles. The van der Waals surface area contributed by atoms with Crippen molar-refractivity contribution < 1.29 is 4.79 Å². The maximum atomic E-state index is 11.1. The van der Waals surface area contributed by atoms with Crippen LogP contribution in [0, 0.1) is 13.8 Å². The molecule has 0 bridgehead atoms. The van der Waals surface area contributed by atoms with Crippen LogP contribution >= 0.6 is 22.9 Å². The van der Waals surface area contributed by atoms with Crippen molar-refractivity contribution in [1.29, 1.82) is 0 Å². The molecule has 3 nitrogen and oxygen atoms in total. The van der Waals surface area contributed by atoms with Gasteiger partial charge in [-0.15, -0.1) is 11.3 Å². The molecule has 0 unspecified atom stereocenters. The van der Waals surface area contributed by atoms with Gasteiger partial charge in [-0.2, -0.15) is 0 Å². The Morgan fingerprint density at radius 2 is 2.10 bits per heavy atom. The number of nitrogens with zero attached hydrogens (tertiary/aromatic N) is 2. The Kier molecular flexibility index (Phi) is 5.68. The van der Waals surface area contributed by atoms with Crippen molar-refractivity contribution in [3.05, 3.63) is 86.3 Å². The van der Waals surface area contributed by atoms with Gasteiger partial charge in [-0.1, -0.05) is 42.4 Å². The van der Waals surface area contributed by atoms with Gasteiger partial charge in [0.1, 0.15) is 6.29 Å². The van der Waals surface area contributed by atoms with E-state index in [-0.39, 0.29) is 5.92 Å². The number of rotatable bonds is 5. The summed E-state index contributed by atoms with van der Waals surface area (Å²) in [6.07, 6.45) is 2.80. The van der Waals surface area contributed by atoms with Crippen molar-refractivity contribution in [2.45, 2.75) is 26.3 Å². The molecule has 0 fully saturated rings. The highest BCUT2D eigenvalue weighted by atomic mass is 35.5. The number of benzene rings is 1. The van der Waals surface area contributed by atoms with Crippen LogP contribution in [0.3, 0.4) is 0 Å². The van der Waals surface area contributed by atoms with Crippen molar-refractivity contribution in [1.82, 2.24) is 9.88 Å². The maximum Gasteiger partial charge on any atom is 0.146 e. The highest BCUT2D eigenvalue weighted by Crippen LogP contribution is 2.42. The first-order valence-electron chi connectivity index (χ1n) is 9.62. The van der Waals surface area contributed by atoms with E-state index in [4.69, 9.17) is 11.6 Å². The Morgan fingerprint density at radius 1 is 1.31 bits per heavy atom. The summed E-state index contributed by atoms with van der Waals surface area (Å²) in [5.41, 5.74) is 7.70. The molecule has 3 aromatic rings. The lowest BCUT2D eigenvalue weighted by molar-refractivity contribution is -0.105. The molecule has 4 rings (SSSR count). The van der Waals surface area contributed by atoms with E-state index in [1.165, 1.54) is 27.1 Å². The summed E-state index contributed by atoms with van der Waals surface area (Å²) in [4.78, 5) is 19.2. The number of hydrogen-bond donors (Lipinski definition) is 0. The molecule has 2 aromatic heterocycles. The number of aryl methyl sites for hydroxylation is 2. The summed E-state index contributed by atoms with van der Waals surface area (Å²) in [7, 11) is 0. The summed E-state index contributed by atoms with van der Waals surface area (Å²) in [5.74, 6) is 0.180. The molecule has 1 aromatic carbocycles. The van der Waals surface area contributed by atoms with E-state index >= 15 is 0 Å². The molecule has 5 heteroatoms. The lowest BCUT2D eigenvalue weighted by Gasteiger charge is -2.34. The standard InChI is InChI=1S/C24H23ClN2OS/c1-15(14-28)11-27-12-22(21-9-24(25)29-23(21)13-27)20-7-5-4-6-19(20)18-8-16(2)17(3)26-10-18/h4-10,14,22H,1,11-13H2,2-3H3/t22-/m1/s1. The Hall–Kier alpha value is -2.27. The molecule has 148 valence electrons. The fraction of sp³-hybridized carbons (Fsp3) is 0.250. The number of carbonyl (C=O) groups is 1. The van der Waals surface area contributed by atoms with E-state index in [0.29, 0.717) is 12.1 Å². The van der Waals surface area contributed by atoms with Crippen LogP contribution in [0.4, 0.5) is 0 Å². The summed E-state index contributed by atoms with van der Waals surface area (Å²) in [6, 6.07) is 12.8. The predicted octanol–water partition coefficient (Wildman–Crippen LogP) is 5.78. The molecule has 0 N–H and O–H groups in total. The average molecular weight is 423 g/mol. The fourth-order valence-electron chi connectivity index (χ4n) is 4.02. The minimum Gasteiger partial charge on any atom is -0.298 e. The summed E-state index contributed by atoms with van der Waals surface area (Å²) < 4.78 is 0.807. The van der Waals surface area contributed by atoms with Crippen molar-refractivity contribution >= 4 is 29.2 Å². The van der Waals surface area contributed by atoms with Crippen molar-refractivity contribution in [2.75, 3.05) is 13.1 Å². The lowest BCUT2D eigenvalue weighted by Crippen LogP contribution is -2.34. The summed E-state index contributed by atoms with van der Waals surface area (Å²) in [6.45, 7) is 10.2. The minimum atomic E-state index is 0.180. The van der Waals surface area contributed by atoms with Gasteiger partial charge in [-0.05, 0) is 53.8 Å². The van der Waals surface area contributed by atoms with Crippen LogP contribution in [0.1, 0.15) is 33.2 Å².